The third-order valence-corrected chi connectivity index (χ3v) is 6.51. The van der Waals surface area contributed by atoms with Crippen molar-refractivity contribution in [2.45, 2.75) is 19.3 Å². The van der Waals surface area contributed by atoms with Gasteiger partial charge in [-0.15, -0.1) is 0 Å². The zero-order chi connectivity index (χ0) is 21.0. The van der Waals surface area contributed by atoms with Crippen LogP contribution >= 0.6 is 0 Å². The quantitative estimate of drug-likeness (QED) is 0.253. The molecule has 8 nitrogen and oxygen atoms in total. The smallest absolute Gasteiger partial charge is 0.343 e. The molecule has 4 unspecified atom stereocenters. The van der Waals surface area contributed by atoms with Crippen LogP contribution in [0.3, 0.4) is 0 Å². The number of esters is 1. The number of carbonyl (C=O) groups is 3. The lowest BCUT2D eigenvalue weighted by Crippen LogP contribution is -2.32. The first-order chi connectivity index (χ1) is 14.4. The molecule has 2 aromatic carbocycles. The van der Waals surface area contributed by atoms with Gasteiger partial charge in [-0.05, 0) is 49.3 Å². The molecule has 0 aromatic heterocycles. The molecule has 152 valence electrons. The summed E-state index contributed by atoms with van der Waals surface area (Å²) in [6, 6.07) is 11.5. The number of rotatable bonds is 4. The second-order valence-corrected chi connectivity index (χ2v) is 8.09. The van der Waals surface area contributed by atoms with E-state index in [0.29, 0.717) is 5.69 Å². The predicted molar refractivity (Wildman–Crippen MR) is 105 cm³/mol. The predicted octanol–water partition coefficient (Wildman–Crippen LogP) is 3.35. The summed E-state index contributed by atoms with van der Waals surface area (Å²) in [6.45, 7) is 0. The highest BCUT2D eigenvalue weighted by Gasteiger charge is 2.61. The van der Waals surface area contributed by atoms with Crippen molar-refractivity contribution in [2.75, 3.05) is 4.90 Å². The Morgan fingerprint density at radius 2 is 1.67 bits per heavy atom. The number of benzene rings is 2. The molecule has 3 aliphatic rings. The van der Waals surface area contributed by atoms with Crippen LogP contribution in [0, 0.1) is 33.8 Å². The number of ether oxygens (including phenoxy) is 1. The van der Waals surface area contributed by atoms with E-state index >= 15 is 0 Å². The van der Waals surface area contributed by atoms with Crippen LogP contribution in [0.2, 0.25) is 0 Å². The molecule has 2 bridgehead atoms. The maximum Gasteiger partial charge on any atom is 0.343 e. The van der Waals surface area contributed by atoms with Crippen LogP contribution in [0.25, 0.3) is 0 Å². The fourth-order valence-electron chi connectivity index (χ4n) is 5.26. The second-order valence-electron chi connectivity index (χ2n) is 8.09. The average Bonchev–Trinajstić information content (AvgIpc) is 3.42. The third kappa shape index (κ3) is 2.79. The maximum absolute atomic E-state index is 13.0. The van der Waals surface area contributed by atoms with Crippen LogP contribution in [-0.2, 0) is 9.59 Å². The molecule has 3 fully saturated rings. The highest BCUT2D eigenvalue weighted by Crippen LogP contribution is 2.56. The summed E-state index contributed by atoms with van der Waals surface area (Å²) in [7, 11) is 0. The number of non-ortho nitro benzene ring substituents is 1. The minimum absolute atomic E-state index is 0.0361. The van der Waals surface area contributed by atoms with Gasteiger partial charge in [0.15, 0.2) is 0 Å². The van der Waals surface area contributed by atoms with E-state index < -0.39 is 10.9 Å². The topological polar surface area (TPSA) is 107 Å². The fraction of sp³-hybridized carbons (Fsp3) is 0.318. The van der Waals surface area contributed by atoms with Crippen LogP contribution in [-0.4, -0.2) is 22.7 Å². The van der Waals surface area contributed by atoms with E-state index in [-0.39, 0.29) is 52.5 Å². The maximum atomic E-state index is 13.0. The third-order valence-electron chi connectivity index (χ3n) is 6.51. The number of nitro benzene ring substituents is 1. The number of anilines is 1. The van der Waals surface area contributed by atoms with E-state index in [4.69, 9.17) is 4.74 Å². The van der Waals surface area contributed by atoms with Crippen molar-refractivity contribution in [3.8, 4) is 5.75 Å². The lowest BCUT2D eigenvalue weighted by Gasteiger charge is -2.19. The lowest BCUT2D eigenvalue weighted by atomic mass is 9.81. The number of fused-ring (bicyclic) bond motifs is 5. The van der Waals surface area contributed by atoms with Crippen LogP contribution in [0.1, 0.15) is 29.6 Å². The molecule has 2 aromatic rings. The van der Waals surface area contributed by atoms with Gasteiger partial charge in [-0.2, -0.15) is 0 Å². The molecule has 2 saturated carbocycles. The number of hydrogen-bond donors (Lipinski definition) is 0. The Morgan fingerprint density at radius 1 is 1.00 bits per heavy atom. The van der Waals surface area contributed by atoms with Crippen molar-refractivity contribution in [2.24, 2.45) is 23.7 Å². The average molecular weight is 406 g/mol. The van der Waals surface area contributed by atoms with Gasteiger partial charge in [0.25, 0.3) is 5.69 Å². The van der Waals surface area contributed by atoms with Crippen LogP contribution in [0.15, 0.2) is 48.5 Å². The van der Waals surface area contributed by atoms with Crippen molar-refractivity contribution in [3.63, 3.8) is 0 Å². The summed E-state index contributed by atoms with van der Waals surface area (Å²) in [5, 5.41) is 10.9. The largest absolute Gasteiger partial charge is 0.423 e. The van der Waals surface area contributed by atoms with Crippen molar-refractivity contribution in [1.29, 1.82) is 0 Å². The first-order valence-corrected chi connectivity index (χ1v) is 9.88. The Morgan fingerprint density at radius 3 is 2.33 bits per heavy atom. The number of nitro groups is 1. The van der Waals surface area contributed by atoms with E-state index in [2.05, 4.69) is 0 Å². The Bertz CT molecular complexity index is 1070. The summed E-state index contributed by atoms with van der Waals surface area (Å²) in [5.74, 6) is -0.819. The minimum atomic E-state index is -0.759. The van der Waals surface area contributed by atoms with Crippen LogP contribution < -0.4 is 9.64 Å². The van der Waals surface area contributed by atoms with Gasteiger partial charge in [-0.25, -0.2) is 9.69 Å². The summed E-state index contributed by atoms with van der Waals surface area (Å²) >= 11 is 0. The van der Waals surface area contributed by atoms with Gasteiger partial charge in [0.05, 0.1) is 28.0 Å². The van der Waals surface area contributed by atoms with Gasteiger partial charge in [-0.1, -0.05) is 12.1 Å². The van der Waals surface area contributed by atoms with E-state index in [1.165, 1.54) is 35.2 Å². The van der Waals surface area contributed by atoms with Crippen molar-refractivity contribution in [3.05, 3.63) is 64.2 Å². The number of nitrogens with zero attached hydrogens (tertiary/aromatic N) is 2. The van der Waals surface area contributed by atoms with Crippen molar-refractivity contribution < 1.29 is 24.0 Å². The molecule has 1 saturated heterocycles. The van der Waals surface area contributed by atoms with Crippen molar-refractivity contribution >= 4 is 29.2 Å². The summed E-state index contributed by atoms with van der Waals surface area (Å²) in [6.07, 6.45) is 2.96. The molecule has 0 spiro atoms. The van der Waals surface area contributed by atoms with Gasteiger partial charge in [0.2, 0.25) is 11.8 Å². The molecular formula is C22H18N2O6. The first kappa shape index (κ1) is 18.5. The molecule has 30 heavy (non-hydrogen) atoms. The Hall–Kier alpha value is -3.55. The highest BCUT2D eigenvalue weighted by molar-refractivity contribution is 6.22. The Labute approximate surface area is 171 Å². The van der Waals surface area contributed by atoms with E-state index in [9.17, 15) is 24.5 Å². The molecule has 2 amide bonds. The first-order valence-electron chi connectivity index (χ1n) is 9.88. The van der Waals surface area contributed by atoms with Crippen molar-refractivity contribution in [1.82, 2.24) is 0 Å². The fourth-order valence-corrected chi connectivity index (χ4v) is 5.26. The number of amides is 2. The number of imide groups is 1. The monoisotopic (exact) mass is 406 g/mol. The highest BCUT2D eigenvalue weighted by atomic mass is 16.6. The molecular weight excluding hydrogens is 388 g/mol. The molecule has 0 N–H and O–H groups in total. The van der Waals surface area contributed by atoms with E-state index in [1.54, 1.807) is 12.1 Å². The standard InChI is InChI=1S/C22H18N2O6/c25-20-18-12-7-8-13(9-12)19(18)21(26)23(20)15-4-2-6-17(11-15)30-22(27)14-3-1-5-16(10-14)24(28)29/h1-6,10-13,18-19H,7-9H2. The molecule has 5 rings (SSSR count). The molecule has 4 atom stereocenters. The molecule has 2 aliphatic carbocycles. The summed E-state index contributed by atoms with van der Waals surface area (Å²) in [5.41, 5.74) is 0.199. The van der Waals surface area contributed by atoms with Crippen LogP contribution in [0.5, 0.6) is 5.75 Å². The van der Waals surface area contributed by atoms with Gasteiger partial charge in [-0.3, -0.25) is 19.7 Å². The molecule has 1 aliphatic heterocycles. The number of carbonyl (C=O) groups excluding carboxylic acids is 3. The van der Waals surface area contributed by atoms with Gasteiger partial charge in [0, 0.05) is 18.2 Å². The zero-order valence-electron chi connectivity index (χ0n) is 15.9. The van der Waals surface area contributed by atoms with Gasteiger partial charge < -0.3 is 4.74 Å². The summed E-state index contributed by atoms with van der Waals surface area (Å²) in [4.78, 5) is 49.9. The van der Waals surface area contributed by atoms with E-state index in [0.717, 1.165) is 25.3 Å². The lowest BCUT2D eigenvalue weighted by molar-refractivity contribution is -0.384. The van der Waals surface area contributed by atoms with Gasteiger partial charge >= 0.3 is 5.97 Å². The van der Waals surface area contributed by atoms with Gasteiger partial charge in [0.1, 0.15) is 5.75 Å². The van der Waals surface area contributed by atoms with E-state index in [1.807, 2.05) is 0 Å². The number of hydrogen-bond acceptors (Lipinski definition) is 6. The van der Waals surface area contributed by atoms with Crippen LogP contribution in [0.4, 0.5) is 11.4 Å². The Kier molecular flexibility index (Phi) is 4.16. The zero-order valence-corrected chi connectivity index (χ0v) is 15.9. The molecule has 8 heteroatoms. The molecule has 0 radical (unpaired) electrons. The second kappa shape index (κ2) is 6.76. The summed E-state index contributed by atoms with van der Waals surface area (Å²) < 4.78 is 5.34. The SMILES string of the molecule is O=C(Oc1cccc(N2C(=O)C3C4CCC(C4)C3C2=O)c1)c1cccc([N+](=O)[O-])c1. The normalized spacial score (nSPS) is 26.7. The Balaban J connectivity index is 1.38. The minimum Gasteiger partial charge on any atom is -0.423 e. The molecule has 1 heterocycles.